The van der Waals surface area contributed by atoms with Crippen molar-refractivity contribution in [3.05, 3.63) is 79.0 Å². The molecule has 2 saturated heterocycles. The highest BCUT2D eigenvalue weighted by molar-refractivity contribution is 6.06. The standard InChI is InChI=1S/C39H32N8O5/c1-48-26-9-7-23(8-10-26)34-42-31-28-11-12-29(41-39(28)52-33(31)37(44-34)47-16-20-50-21-17-47)24-4-2-5-25(22-24)35-43-30-27-6-3-13-40-38(27)51-32(30)36(45-35)46-14-18-49-19-15-46/h2-13,22H,14-21H2,1H3. The van der Waals surface area contributed by atoms with Crippen molar-refractivity contribution >= 4 is 56.0 Å². The zero-order valence-electron chi connectivity index (χ0n) is 28.3. The maximum atomic E-state index is 6.51. The van der Waals surface area contributed by atoms with E-state index in [0.29, 0.717) is 92.4 Å². The largest absolute Gasteiger partial charge is 0.497 e. The summed E-state index contributed by atoms with van der Waals surface area (Å²) in [5.41, 5.74) is 7.07. The molecule has 0 atom stereocenters. The lowest BCUT2D eigenvalue weighted by Gasteiger charge is -2.27. The number of benzene rings is 2. The minimum atomic E-state index is 0.484. The molecule has 13 heteroatoms. The van der Waals surface area contributed by atoms with Gasteiger partial charge in [-0.2, -0.15) is 0 Å². The van der Waals surface area contributed by atoms with Crippen LogP contribution in [0.3, 0.4) is 0 Å². The molecule has 10 rings (SSSR count). The van der Waals surface area contributed by atoms with Crippen LogP contribution in [0.1, 0.15) is 0 Å². The van der Waals surface area contributed by atoms with Gasteiger partial charge >= 0.3 is 0 Å². The number of anilines is 2. The smallest absolute Gasteiger partial charge is 0.229 e. The fourth-order valence-corrected chi connectivity index (χ4v) is 6.93. The van der Waals surface area contributed by atoms with Gasteiger partial charge in [-0.05, 0) is 54.6 Å². The lowest BCUT2D eigenvalue weighted by molar-refractivity contribution is 0.122. The van der Waals surface area contributed by atoms with Crippen LogP contribution in [0.2, 0.25) is 0 Å². The van der Waals surface area contributed by atoms with Crippen molar-refractivity contribution in [3.8, 4) is 39.8 Å². The third-order valence-electron chi connectivity index (χ3n) is 9.62. The second kappa shape index (κ2) is 12.5. The molecule has 0 radical (unpaired) electrons. The molecule has 8 heterocycles. The average Bonchev–Trinajstić information content (AvgIpc) is 3.79. The van der Waals surface area contributed by atoms with Gasteiger partial charge in [0.2, 0.25) is 11.4 Å². The highest BCUT2D eigenvalue weighted by atomic mass is 16.5. The van der Waals surface area contributed by atoms with Crippen molar-refractivity contribution < 1.29 is 23.0 Å². The van der Waals surface area contributed by atoms with Crippen molar-refractivity contribution in [1.29, 1.82) is 0 Å². The van der Waals surface area contributed by atoms with Gasteiger partial charge in [0, 0.05) is 49.1 Å². The Morgan fingerprint density at radius 3 is 1.87 bits per heavy atom. The van der Waals surface area contributed by atoms with E-state index < -0.39 is 0 Å². The minimum Gasteiger partial charge on any atom is -0.497 e. The molecule has 0 N–H and O–H groups in total. The number of hydrogen-bond donors (Lipinski definition) is 0. The third kappa shape index (κ3) is 5.24. The van der Waals surface area contributed by atoms with Gasteiger partial charge in [0.1, 0.15) is 16.8 Å². The van der Waals surface area contributed by atoms with E-state index in [0.717, 1.165) is 56.1 Å². The van der Waals surface area contributed by atoms with Crippen LogP contribution in [0, 0.1) is 0 Å². The van der Waals surface area contributed by atoms with E-state index in [9.17, 15) is 0 Å². The maximum absolute atomic E-state index is 6.51. The van der Waals surface area contributed by atoms with Crippen LogP contribution >= 0.6 is 0 Å². The number of pyridine rings is 2. The summed E-state index contributed by atoms with van der Waals surface area (Å²) in [5.74, 6) is 3.42. The fraction of sp³-hybridized carbons (Fsp3) is 0.231. The van der Waals surface area contributed by atoms with Crippen LogP contribution in [0.5, 0.6) is 5.75 Å². The molecule has 0 bridgehead atoms. The van der Waals surface area contributed by atoms with Crippen LogP contribution in [0.4, 0.5) is 11.6 Å². The summed E-state index contributed by atoms with van der Waals surface area (Å²) in [7, 11) is 1.65. The highest BCUT2D eigenvalue weighted by Gasteiger charge is 2.25. The summed E-state index contributed by atoms with van der Waals surface area (Å²) in [6.07, 6.45) is 1.72. The molecule has 13 nitrogen and oxygen atoms in total. The molecule has 2 aromatic carbocycles. The Morgan fingerprint density at radius 2 is 1.19 bits per heavy atom. The molecule has 2 fully saturated rings. The van der Waals surface area contributed by atoms with E-state index in [-0.39, 0.29) is 0 Å². The maximum Gasteiger partial charge on any atom is 0.229 e. The zero-order chi connectivity index (χ0) is 34.6. The Hall–Kier alpha value is -6.18. The Morgan fingerprint density at radius 1 is 0.577 bits per heavy atom. The van der Waals surface area contributed by atoms with Gasteiger partial charge < -0.3 is 32.8 Å². The Labute approximate surface area is 296 Å². The third-order valence-corrected chi connectivity index (χ3v) is 9.62. The second-order valence-electron chi connectivity index (χ2n) is 12.7. The Kier molecular flexibility index (Phi) is 7.39. The van der Waals surface area contributed by atoms with E-state index in [2.05, 4.69) is 20.9 Å². The fourth-order valence-electron chi connectivity index (χ4n) is 6.93. The molecule has 0 amide bonds. The minimum absolute atomic E-state index is 0.484. The Balaban J connectivity index is 1.08. The van der Waals surface area contributed by atoms with Crippen LogP contribution in [-0.2, 0) is 9.47 Å². The van der Waals surface area contributed by atoms with Gasteiger partial charge in [-0.25, -0.2) is 29.9 Å². The number of ether oxygens (including phenoxy) is 3. The SMILES string of the molecule is COc1ccc(-c2nc(N3CCOCC3)c3oc4nc(-c5cccc(-c6nc(N7CCOCC7)c7oc8ncccc8c7n6)c5)ccc4c3n2)cc1. The van der Waals surface area contributed by atoms with Crippen LogP contribution in [0.15, 0.2) is 87.8 Å². The van der Waals surface area contributed by atoms with Crippen LogP contribution in [-0.4, -0.2) is 89.6 Å². The predicted octanol–water partition coefficient (Wildman–Crippen LogP) is 6.54. The molecule has 0 aliphatic carbocycles. The van der Waals surface area contributed by atoms with Crippen molar-refractivity contribution in [2.24, 2.45) is 0 Å². The predicted molar refractivity (Wildman–Crippen MR) is 197 cm³/mol. The molecular formula is C39H32N8O5. The molecule has 0 spiro atoms. The molecule has 6 aromatic heterocycles. The quantitative estimate of drug-likeness (QED) is 0.187. The first-order valence-corrected chi connectivity index (χ1v) is 17.3. The molecule has 8 aromatic rings. The summed E-state index contributed by atoms with van der Waals surface area (Å²) < 4.78 is 29.4. The molecule has 0 saturated carbocycles. The van der Waals surface area contributed by atoms with Crippen molar-refractivity contribution in [2.75, 3.05) is 69.5 Å². The number of aromatic nitrogens is 6. The number of furan rings is 2. The van der Waals surface area contributed by atoms with E-state index >= 15 is 0 Å². The normalized spacial score (nSPS) is 15.3. The zero-order valence-corrected chi connectivity index (χ0v) is 28.3. The number of fused-ring (bicyclic) bond motifs is 6. The van der Waals surface area contributed by atoms with Crippen molar-refractivity contribution in [2.45, 2.75) is 0 Å². The Bertz CT molecular complexity index is 2610. The number of hydrogen-bond acceptors (Lipinski definition) is 13. The van der Waals surface area contributed by atoms with E-state index in [1.54, 1.807) is 13.3 Å². The monoisotopic (exact) mass is 692 g/mol. The first-order valence-electron chi connectivity index (χ1n) is 17.3. The van der Waals surface area contributed by atoms with Crippen LogP contribution < -0.4 is 14.5 Å². The number of methoxy groups -OCH3 is 1. The molecular weight excluding hydrogens is 660 g/mol. The molecule has 2 aliphatic heterocycles. The number of nitrogens with zero attached hydrogens (tertiary/aromatic N) is 8. The molecule has 258 valence electrons. The second-order valence-corrected chi connectivity index (χ2v) is 12.7. The van der Waals surface area contributed by atoms with E-state index in [4.69, 9.17) is 48.0 Å². The number of morpholine rings is 2. The molecule has 52 heavy (non-hydrogen) atoms. The summed E-state index contributed by atoms with van der Waals surface area (Å²) >= 11 is 0. The lowest BCUT2D eigenvalue weighted by Crippen LogP contribution is -2.37. The first kappa shape index (κ1) is 30.6. The summed E-state index contributed by atoms with van der Waals surface area (Å²) in [6.45, 7) is 5.26. The molecule has 2 aliphatic rings. The van der Waals surface area contributed by atoms with Gasteiger partial charge in [-0.15, -0.1) is 0 Å². The average molecular weight is 693 g/mol. The summed E-state index contributed by atoms with van der Waals surface area (Å²) in [4.78, 5) is 33.9. The summed E-state index contributed by atoms with van der Waals surface area (Å²) in [6, 6.07) is 23.7. The van der Waals surface area contributed by atoms with Gasteiger partial charge in [-0.3, -0.25) is 0 Å². The lowest BCUT2D eigenvalue weighted by atomic mass is 10.1. The summed E-state index contributed by atoms with van der Waals surface area (Å²) in [5, 5.41) is 1.66. The topological polar surface area (TPSA) is 138 Å². The highest BCUT2D eigenvalue weighted by Crippen LogP contribution is 2.38. The number of rotatable bonds is 6. The van der Waals surface area contributed by atoms with Gasteiger partial charge in [0.25, 0.3) is 0 Å². The van der Waals surface area contributed by atoms with E-state index in [1.807, 2.05) is 66.7 Å². The first-order chi connectivity index (χ1) is 25.7. The van der Waals surface area contributed by atoms with Crippen molar-refractivity contribution in [1.82, 2.24) is 29.9 Å². The van der Waals surface area contributed by atoms with Crippen molar-refractivity contribution in [3.63, 3.8) is 0 Å². The van der Waals surface area contributed by atoms with Crippen LogP contribution in [0.25, 0.3) is 78.4 Å². The van der Waals surface area contributed by atoms with Gasteiger partial charge in [-0.1, -0.05) is 18.2 Å². The molecule has 0 unspecified atom stereocenters. The van der Waals surface area contributed by atoms with Gasteiger partial charge in [0.05, 0.1) is 50.0 Å². The van der Waals surface area contributed by atoms with Gasteiger partial charge in [0.15, 0.2) is 34.5 Å². The van der Waals surface area contributed by atoms with E-state index in [1.165, 1.54) is 0 Å².